The Bertz CT molecular complexity index is 690. The zero-order valence-corrected chi connectivity index (χ0v) is 15.4. The number of hydrogen-bond acceptors (Lipinski definition) is 3. The zero-order chi connectivity index (χ0) is 18.1. The van der Waals surface area contributed by atoms with Gasteiger partial charge in [0.15, 0.2) is 0 Å². The Labute approximate surface area is 155 Å². The van der Waals surface area contributed by atoms with Crippen LogP contribution in [-0.4, -0.2) is 42.4 Å². The van der Waals surface area contributed by atoms with Gasteiger partial charge in [0.05, 0.1) is 0 Å². The first-order valence-electron chi connectivity index (χ1n) is 10.1. The lowest BCUT2D eigenvalue weighted by Crippen LogP contribution is -2.40. The molecule has 1 aromatic rings. The molecule has 3 aliphatic rings. The van der Waals surface area contributed by atoms with Gasteiger partial charge in [-0.1, -0.05) is 24.6 Å². The van der Waals surface area contributed by atoms with Gasteiger partial charge in [-0.2, -0.15) is 0 Å². The van der Waals surface area contributed by atoms with Crippen LogP contribution in [0.2, 0.25) is 0 Å². The van der Waals surface area contributed by atoms with Crippen LogP contribution in [0.1, 0.15) is 56.4 Å². The van der Waals surface area contributed by atoms with E-state index in [0.717, 1.165) is 63.8 Å². The number of nitrogens with zero attached hydrogens (tertiary/aromatic N) is 2. The molecule has 1 saturated heterocycles. The SMILES string of the molecule is N[C@@H]1CCC[C@H](C(=O)N2C[C@@H](CCN3CCCC3=O)c3ccccc32)C1. The van der Waals surface area contributed by atoms with Gasteiger partial charge in [0.2, 0.25) is 11.8 Å². The summed E-state index contributed by atoms with van der Waals surface area (Å²) in [6.45, 7) is 2.43. The summed E-state index contributed by atoms with van der Waals surface area (Å²) in [7, 11) is 0. The minimum atomic E-state index is 0.0608. The van der Waals surface area contributed by atoms with Crippen molar-refractivity contribution in [3.63, 3.8) is 0 Å². The topological polar surface area (TPSA) is 66.6 Å². The molecule has 0 unspecified atom stereocenters. The highest BCUT2D eigenvalue weighted by atomic mass is 16.2. The van der Waals surface area contributed by atoms with Crippen LogP contribution in [0.5, 0.6) is 0 Å². The molecule has 26 heavy (non-hydrogen) atoms. The summed E-state index contributed by atoms with van der Waals surface area (Å²) in [5.74, 6) is 0.902. The molecule has 1 aromatic carbocycles. The number of hydrogen-bond donors (Lipinski definition) is 1. The Morgan fingerprint density at radius 3 is 2.81 bits per heavy atom. The van der Waals surface area contributed by atoms with Crippen LogP contribution in [-0.2, 0) is 9.59 Å². The molecule has 2 aliphatic heterocycles. The summed E-state index contributed by atoms with van der Waals surface area (Å²) in [6, 6.07) is 8.44. The number of para-hydroxylation sites is 1. The Morgan fingerprint density at radius 1 is 1.19 bits per heavy atom. The lowest BCUT2D eigenvalue weighted by atomic mass is 9.85. The molecule has 2 amide bonds. The van der Waals surface area contributed by atoms with Gasteiger partial charge in [0.25, 0.3) is 0 Å². The van der Waals surface area contributed by atoms with E-state index in [1.54, 1.807) is 0 Å². The molecule has 1 saturated carbocycles. The Balaban J connectivity index is 1.47. The second-order valence-corrected chi connectivity index (χ2v) is 8.10. The molecular formula is C21H29N3O2. The van der Waals surface area contributed by atoms with E-state index in [1.165, 1.54) is 5.56 Å². The lowest BCUT2D eigenvalue weighted by Gasteiger charge is -2.30. The second-order valence-electron chi connectivity index (χ2n) is 8.10. The van der Waals surface area contributed by atoms with Crippen molar-refractivity contribution in [3.05, 3.63) is 29.8 Å². The van der Waals surface area contributed by atoms with Gasteiger partial charge < -0.3 is 15.5 Å². The highest BCUT2D eigenvalue weighted by Gasteiger charge is 2.36. The Hall–Kier alpha value is -1.88. The predicted octanol–water partition coefficient (Wildman–Crippen LogP) is 2.65. The Morgan fingerprint density at radius 2 is 2.04 bits per heavy atom. The molecule has 140 valence electrons. The van der Waals surface area contributed by atoms with E-state index in [9.17, 15) is 9.59 Å². The average Bonchev–Trinajstić information content (AvgIpc) is 3.23. The molecule has 5 heteroatoms. The van der Waals surface area contributed by atoms with E-state index in [1.807, 2.05) is 15.9 Å². The number of likely N-dealkylation sites (tertiary alicyclic amines) is 1. The number of fused-ring (bicyclic) bond motifs is 1. The largest absolute Gasteiger partial charge is 0.343 e. The first kappa shape index (κ1) is 17.5. The van der Waals surface area contributed by atoms with Crippen molar-refractivity contribution in [2.24, 2.45) is 11.7 Å². The molecule has 3 atom stereocenters. The molecule has 2 fully saturated rings. The molecular weight excluding hydrogens is 326 g/mol. The maximum atomic E-state index is 13.2. The summed E-state index contributed by atoms with van der Waals surface area (Å²) >= 11 is 0. The van der Waals surface area contributed by atoms with Crippen molar-refractivity contribution in [2.75, 3.05) is 24.5 Å². The fourth-order valence-corrected chi connectivity index (χ4v) is 4.88. The number of anilines is 1. The summed E-state index contributed by atoms with van der Waals surface area (Å²) < 4.78 is 0. The third-order valence-electron chi connectivity index (χ3n) is 6.32. The van der Waals surface area contributed by atoms with Gasteiger partial charge in [-0.3, -0.25) is 9.59 Å². The smallest absolute Gasteiger partial charge is 0.230 e. The predicted molar refractivity (Wildman–Crippen MR) is 102 cm³/mol. The summed E-state index contributed by atoms with van der Waals surface area (Å²) in [5, 5.41) is 0. The monoisotopic (exact) mass is 355 g/mol. The normalized spacial score (nSPS) is 28.5. The molecule has 2 N–H and O–H groups in total. The molecule has 5 nitrogen and oxygen atoms in total. The van der Waals surface area contributed by atoms with Gasteiger partial charge in [-0.25, -0.2) is 0 Å². The van der Waals surface area contributed by atoms with Crippen molar-refractivity contribution in [2.45, 2.75) is 56.9 Å². The molecule has 4 rings (SSSR count). The maximum Gasteiger partial charge on any atom is 0.230 e. The summed E-state index contributed by atoms with van der Waals surface area (Å²) in [4.78, 5) is 29.0. The number of amides is 2. The van der Waals surface area contributed by atoms with Gasteiger partial charge in [0, 0.05) is 49.6 Å². The van der Waals surface area contributed by atoms with Crippen molar-refractivity contribution in [1.82, 2.24) is 4.90 Å². The van der Waals surface area contributed by atoms with Crippen LogP contribution in [0.15, 0.2) is 24.3 Å². The number of carbonyl (C=O) groups excluding carboxylic acids is 2. The highest BCUT2D eigenvalue weighted by Crippen LogP contribution is 2.40. The van der Waals surface area contributed by atoms with Gasteiger partial charge in [-0.15, -0.1) is 0 Å². The molecule has 0 radical (unpaired) electrons. The van der Waals surface area contributed by atoms with Gasteiger partial charge >= 0.3 is 0 Å². The molecule has 2 heterocycles. The highest BCUT2D eigenvalue weighted by molar-refractivity contribution is 5.97. The molecule has 1 aliphatic carbocycles. The van der Waals surface area contributed by atoms with Crippen LogP contribution in [0.25, 0.3) is 0 Å². The maximum absolute atomic E-state index is 13.2. The summed E-state index contributed by atoms with van der Waals surface area (Å²) in [5.41, 5.74) is 8.43. The Kier molecular flexibility index (Phi) is 4.98. The minimum absolute atomic E-state index is 0.0608. The molecule has 0 aromatic heterocycles. The van der Waals surface area contributed by atoms with Crippen LogP contribution in [0, 0.1) is 5.92 Å². The number of rotatable bonds is 4. The number of carbonyl (C=O) groups is 2. The van der Waals surface area contributed by atoms with Crippen molar-refractivity contribution in [1.29, 1.82) is 0 Å². The van der Waals surface area contributed by atoms with Crippen LogP contribution >= 0.6 is 0 Å². The molecule has 0 spiro atoms. The van der Waals surface area contributed by atoms with E-state index >= 15 is 0 Å². The quantitative estimate of drug-likeness (QED) is 0.903. The van der Waals surface area contributed by atoms with Crippen molar-refractivity contribution >= 4 is 17.5 Å². The zero-order valence-electron chi connectivity index (χ0n) is 15.4. The van der Waals surface area contributed by atoms with Crippen LogP contribution in [0.3, 0.4) is 0 Å². The third kappa shape index (κ3) is 3.37. The van der Waals surface area contributed by atoms with E-state index < -0.39 is 0 Å². The lowest BCUT2D eigenvalue weighted by molar-refractivity contribution is -0.128. The van der Waals surface area contributed by atoms with Crippen molar-refractivity contribution in [3.8, 4) is 0 Å². The van der Waals surface area contributed by atoms with Gasteiger partial charge in [-0.05, 0) is 43.7 Å². The fourth-order valence-electron chi connectivity index (χ4n) is 4.88. The molecule has 0 bridgehead atoms. The minimum Gasteiger partial charge on any atom is -0.343 e. The second kappa shape index (κ2) is 7.39. The number of nitrogens with two attached hydrogens (primary N) is 1. The van der Waals surface area contributed by atoms with Crippen LogP contribution < -0.4 is 10.6 Å². The summed E-state index contributed by atoms with van der Waals surface area (Å²) in [6.07, 6.45) is 6.44. The first-order valence-corrected chi connectivity index (χ1v) is 10.1. The number of benzene rings is 1. The van der Waals surface area contributed by atoms with Gasteiger partial charge in [0.1, 0.15) is 0 Å². The van der Waals surface area contributed by atoms with Crippen molar-refractivity contribution < 1.29 is 9.59 Å². The average molecular weight is 355 g/mol. The first-order chi connectivity index (χ1) is 12.6. The van der Waals surface area contributed by atoms with Crippen LogP contribution in [0.4, 0.5) is 5.69 Å². The van der Waals surface area contributed by atoms with E-state index in [-0.39, 0.29) is 23.8 Å². The fraction of sp³-hybridized carbons (Fsp3) is 0.619. The standard InChI is InChI=1S/C21H29N3O2/c22-17-6-3-5-15(13-17)21(26)24-14-16(18-7-1-2-8-19(18)24)10-12-23-11-4-9-20(23)25/h1-2,7-8,15-17H,3-6,9-14,22H2/t15-,16+,17+/m0/s1. The third-order valence-corrected chi connectivity index (χ3v) is 6.32. The van der Waals surface area contributed by atoms with E-state index in [2.05, 4.69) is 18.2 Å². The van der Waals surface area contributed by atoms with E-state index in [0.29, 0.717) is 12.3 Å². The van der Waals surface area contributed by atoms with E-state index in [4.69, 9.17) is 5.73 Å².